The molecule has 156 valence electrons. The fraction of sp³-hybridized carbons (Fsp3) is 0.300. The average molecular weight is 422 g/mol. The van der Waals surface area contributed by atoms with E-state index in [9.17, 15) is 22.4 Å². The van der Waals surface area contributed by atoms with Crippen LogP contribution in [0.1, 0.15) is 22.8 Å². The number of nitrogens with zero attached hydrogens (tertiary/aromatic N) is 2. The number of carbonyl (C=O) groups is 2. The van der Waals surface area contributed by atoms with Crippen LogP contribution in [0.25, 0.3) is 0 Å². The highest BCUT2D eigenvalue weighted by atomic mass is 32.2. The molecule has 2 rings (SSSR count). The molecule has 0 aromatic heterocycles. The highest BCUT2D eigenvalue weighted by molar-refractivity contribution is 7.89. The van der Waals surface area contributed by atoms with Gasteiger partial charge in [0.25, 0.3) is 5.91 Å². The molecule has 0 fully saturated rings. The van der Waals surface area contributed by atoms with E-state index in [-0.39, 0.29) is 17.0 Å². The summed E-state index contributed by atoms with van der Waals surface area (Å²) in [5.41, 5.74) is 0.729. The zero-order valence-electron chi connectivity index (χ0n) is 16.6. The van der Waals surface area contributed by atoms with Gasteiger partial charge in [-0.25, -0.2) is 21.9 Å². The van der Waals surface area contributed by atoms with Gasteiger partial charge in [0.05, 0.1) is 10.5 Å². The number of hydrogen-bond acceptors (Lipinski definition) is 5. The van der Waals surface area contributed by atoms with E-state index in [4.69, 9.17) is 4.74 Å². The molecule has 0 radical (unpaired) electrons. The van der Waals surface area contributed by atoms with Crippen molar-refractivity contribution < 1.29 is 27.1 Å². The lowest BCUT2D eigenvalue weighted by Gasteiger charge is -2.21. The molecule has 0 saturated heterocycles. The van der Waals surface area contributed by atoms with Crippen molar-refractivity contribution in [3.63, 3.8) is 0 Å². The first-order valence-corrected chi connectivity index (χ1v) is 10.2. The molecule has 0 aliphatic rings. The lowest BCUT2D eigenvalue weighted by Crippen LogP contribution is -2.37. The third kappa shape index (κ3) is 5.61. The van der Waals surface area contributed by atoms with Gasteiger partial charge in [-0.1, -0.05) is 12.1 Å². The molecule has 2 aromatic carbocycles. The van der Waals surface area contributed by atoms with Crippen molar-refractivity contribution >= 4 is 21.9 Å². The van der Waals surface area contributed by atoms with E-state index in [0.717, 1.165) is 4.31 Å². The zero-order valence-corrected chi connectivity index (χ0v) is 17.4. The van der Waals surface area contributed by atoms with Crippen molar-refractivity contribution in [1.29, 1.82) is 0 Å². The smallest absolute Gasteiger partial charge is 0.338 e. The minimum Gasteiger partial charge on any atom is -0.449 e. The molecule has 0 aliphatic carbocycles. The Morgan fingerprint density at radius 2 is 1.69 bits per heavy atom. The summed E-state index contributed by atoms with van der Waals surface area (Å²) in [6.45, 7) is 1.60. The number of ether oxygens (including phenoxy) is 1. The third-order valence-corrected chi connectivity index (χ3v) is 6.01. The first-order valence-electron chi connectivity index (χ1n) is 8.75. The summed E-state index contributed by atoms with van der Waals surface area (Å²) >= 11 is 0. The highest BCUT2D eigenvalue weighted by Gasteiger charge is 2.23. The normalized spacial score (nSPS) is 12.5. The predicted molar refractivity (Wildman–Crippen MR) is 105 cm³/mol. The second kappa shape index (κ2) is 9.15. The zero-order chi connectivity index (χ0) is 21.8. The summed E-state index contributed by atoms with van der Waals surface area (Å²) < 4.78 is 43.6. The largest absolute Gasteiger partial charge is 0.449 e. The summed E-state index contributed by atoms with van der Waals surface area (Å²) in [7, 11) is 0.736. The number of amides is 1. The van der Waals surface area contributed by atoms with Gasteiger partial charge >= 0.3 is 5.97 Å². The van der Waals surface area contributed by atoms with Gasteiger partial charge in [0.2, 0.25) is 10.0 Å². The maximum Gasteiger partial charge on any atom is 0.338 e. The SMILES string of the molecule is C[C@H](OC(=O)c1ccc(S(=O)(=O)N(C)C)cc1)C(=O)N(C)Cc1cccc(F)c1. The van der Waals surface area contributed by atoms with E-state index in [0.29, 0.717) is 5.56 Å². The Morgan fingerprint density at radius 3 is 2.24 bits per heavy atom. The van der Waals surface area contributed by atoms with Gasteiger partial charge in [-0.2, -0.15) is 0 Å². The van der Waals surface area contributed by atoms with Crippen molar-refractivity contribution in [3.8, 4) is 0 Å². The first-order chi connectivity index (χ1) is 13.5. The average Bonchev–Trinajstić information content (AvgIpc) is 2.67. The quantitative estimate of drug-likeness (QED) is 0.639. The van der Waals surface area contributed by atoms with E-state index in [2.05, 4.69) is 0 Å². The maximum absolute atomic E-state index is 13.3. The molecule has 0 bridgehead atoms. The molecule has 0 unspecified atom stereocenters. The molecule has 0 aliphatic heterocycles. The molecule has 9 heteroatoms. The van der Waals surface area contributed by atoms with Crippen molar-refractivity contribution in [1.82, 2.24) is 9.21 Å². The number of esters is 1. The van der Waals surface area contributed by atoms with Crippen LogP contribution in [-0.2, 0) is 26.1 Å². The molecule has 1 atom stereocenters. The van der Waals surface area contributed by atoms with Gasteiger partial charge in [0.15, 0.2) is 6.10 Å². The summed E-state index contributed by atoms with van der Waals surface area (Å²) in [5, 5.41) is 0. The molecule has 1 amide bonds. The molecular formula is C20H23FN2O5S. The van der Waals surface area contributed by atoms with Gasteiger partial charge in [-0.05, 0) is 48.9 Å². The summed E-state index contributed by atoms with van der Waals surface area (Å²) in [6.07, 6.45) is -1.06. The topological polar surface area (TPSA) is 84.0 Å². The van der Waals surface area contributed by atoms with Crippen molar-refractivity contribution in [2.75, 3.05) is 21.1 Å². The van der Waals surface area contributed by atoms with E-state index < -0.39 is 33.8 Å². The van der Waals surface area contributed by atoms with Gasteiger partial charge in [-0.3, -0.25) is 4.79 Å². The van der Waals surface area contributed by atoms with Crippen LogP contribution in [0.15, 0.2) is 53.4 Å². The predicted octanol–water partition coefficient (Wildman–Crippen LogP) is 2.28. The Kier molecular flexibility index (Phi) is 7.10. The molecule has 0 saturated carbocycles. The second-order valence-corrected chi connectivity index (χ2v) is 8.84. The van der Waals surface area contributed by atoms with E-state index in [1.54, 1.807) is 12.1 Å². The number of likely N-dealkylation sites (N-methyl/N-ethyl adjacent to an activating group) is 1. The summed E-state index contributed by atoms with van der Waals surface area (Å²) in [4.78, 5) is 26.1. The Morgan fingerprint density at radius 1 is 1.07 bits per heavy atom. The van der Waals surface area contributed by atoms with Crippen LogP contribution in [-0.4, -0.2) is 56.7 Å². The number of benzene rings is 2. The van der Waals surface area contributed by atoms with Crippen LogP contribution >= 0.6 is 0 Å². The highest BCUT2D eigenvalue weighted by Crippen LogP contribution is 2.15. The van der Waals surface area contributed by atoms with E-state index >= 15 is 0 Å². The molecule has 29 heavy (non-hydrogen) atoms. The minimum atomic E-state index is -3.61. The fourth-order valence-electron chi connectivity index (χ4n) is 2.55. The Balaban J connectivity index is 2.01. The van der Waals surface area contributed by atoms with Gasteiger partial charge < -0.3 is 9.64 Å². The van der Waals surface area contributed by atoms with Crippen LogP contribution in [0.5, 0.6) is 0 Å². The fourth-order valence-corrected chi connectivity index (χ4v) is 3.45. The summed E-state index contributed by atoms with van der Waals surface area (Å²) in [5.74, 6) is -1.60. The van der Waals surface area contributed by atoms with Gasteiger partial charge in [0, 0.05) is 27.7 Å². The lowest BCUT2D eigenvalue weighted by atomic mass is 10.2. The number of rotatable bonds is 7. The second-order valence-electron chi connectivity index (χ2n) is 6.68. The third-order valence-electron chi connectivity index (χ3n) is 4.19. The Labute approximate surface area is 169 Å². The van der Waals surface area contributed by atoms with Crippen molar-refractivity contribution in [2.24, 2.45) is 0 Å². The number of carbonyl (C=O) groups excluding carboxylic acids is 2. The molecule has 0 N–H and O–H groups in total. The maximum atomic E-state index is 13.3. The number of sulfonamides is 1. The van der Waals surface area contributed by atoms with Crippen molar-refractivity contribution in [2.45, 2.75) is 24.5 Å². The Bertz CT molecular complexity index is 990. The molecular weight excluding hydrogens is 399 g/mol. The molecule has 7 nitrogen and oxygen atoms in total. The van der Waals surface area contributed by atoms with Gasteiger partial charge in [0.1, 0.15) is 5.82 Å². The monoisotopic (exact) mass is 422 g/mol. The van der Waals surface area contributed by atoms with Crippen LogP contribution in [0, 0.1) is 5.82 Å². The number of halogens is 1. The standard InChI is InChI=1S/C20H23FN2O5S/c1-14(19(24)23(4)13-15-6-5-7-17(21)12-15)28-20(25)16-8-10-18(11-9-16)29(26,27)22(2)3/h5-12,14H,13H2,1-4H3/t14-/m0/s1. The van der Waals surface area contributed by atoms with Crippen molar-refractivity contribution in [3.05, 3.63) is 65.5 Å². The van der Waals surface area contributed by atoms with Crippen LogP contribution in [0.3, 0.4) is 0 Å². The van der Waals surface area contributed by atoms with E-state index in [1.807, 2.05) is 0 Å². The van der Waals surface area contributed by atoms with Crippen LogP contribution in [0.4, 0.5) is 4.39 Å². The van der Waals surface area contributed by atoms with Crippen LogP contribution < -0.4 is 0 Å². The van der Waals surface area contributed by atoms with Gasteiger partial charge in [-0.15, -0.1) is 0 Å². The lowest BCUT2D eigenvalue weighted by molar-refractivity contribution is -0.139. The molecule has 0 spiro atoms. The molecule has 2 aromatic rings. The van der Waals surface area contributed by atoms with Crippen LogP contribution in [0.2, 0.25) is 0 Å². The summed E-state index contributed by atoms with van der Waals surface area (Å²) in [6, 6.07) is 11.1. The Hall–Kier alpha value is -2.78. The van der Waals surface area contributed by atoms with E-state index in [1.165, 1.54) is 69.4 Å². The molecule has 0 heterocycles. The first kappa shape index (κ1) is 22.5. The number of hydrogen-bond donors (Lipinski definition) is 0. The minimum absolute atomic E-state index is 0.0398.